The fourth-order valence-electron chi connectivity index (χ4n) is 5.60. The Balaban J connectivity index is 1.61. The molecule has 0 saturated heterocycles. The quantitative estimate of drug-likeness (QED) is 0.596. The van der Waals surface area contributed by atoms with Gasteiger partial charge in [-0.3, -0.25) is 14.4 Å². The fourth-order valence-corrected chi connectivity index (χ4v) is 6.94. The molecule has 1 aromatic rings. The van der Waals surface area contributed by atoms with E-state index >= 15 is 0 Å². The lowest BCUT2D eigenvalue weighted by Crippen LogP contribution is -2.36. The maximum atomic E-state index is 13.1. The van der Waals surface area contributed by atoms with Gasteiger partial charge in [-0.2, -0.15) is 0 Å². The number of aliphatic carboxylic acids is 1. The molecule has 0 aromatic carbocycles. The third kappa shape index (κ3) is 3.37. The molecule has 2 amide bonds. The first kappa shape index (κ1) is 21.1. The van der Waals surface area contributed by atoms with Gasteiger partial charge in [-0.05, 0) is 54.4 Å². The highest BCUT2D eigenvalue weighted by molar-refractivity contribution is 7.17. The van der Waals surface area contributed by atoms with Crippen LogP contribution in [0.1, 0.15) is 60.8 Å². The van der Waals surface area contributed by atoms with Crippen molar-refractivity contribution in [2.24, 2.45) is 40.7 Å². The van der Waals surface area contributed by atoms with Gasteiger partial charge in [0.1, 0.15) is 5.00 Å². The van der Waals surface area contributed by atoms with Crippen molar-refractivity contribution in [2.45, 2.75) is 52.9 Å². The topological polar surface area (TPSA) is 109 Å². The second-order valence-electron chi connectivity index (χ2n) is 9.68. The van der Waals surface area contributed by atoms with Gasteiger partial charge in [0.05, 0.1) is 17.4 Å². The van der Waals surface area contributed by atoms with Crippen LogP contribution in [0.5, 0.6) is 0 Å². The number of carboxylic acid groups (broad SMARTS) is 1. The molecule has 4 rings (SSSR count). The van der Waals surface area contributed by atoms with E-state index in [4.69, 9.17) is 5.73 Å². The molecular weight excluding hydrogens is 400 g/mol. The molecule has 5 atom stereocenters. The van der Waals surface area contributed by atoms with Crippen LogP contribution in [-0.4, -0.2) is 22.9 Å². The molecule has 1 saturated carbocycles. The molecule has 3 aliphatic carbocycles. The zero-order valence-electron chi connectivity index (χ0n) is 17.7. The summed E-state index contributed by atoms with van der Waals surface area (Å²) < 4.78 is 0. The Morgan fingerprint density at radius 2 is 1.90 bits per heavy atom. The molecule has 7 heteroatoms. The number of rotatable bonds is 6. The smallest absolute Gasteiger partial charge is 0.307 e. The Morgan fingerprint density at radius 3 is 2.50 bits per heavy atom. The molecule has 0 unspecified atom stereocenters. The fraction of sp³-hybridized carbons (Fsp3) is 0.609. The first-order chi connectivity index (χ1) is 14.1. The Morgan fingerprint density at radius 1 is 1.23 bits per heavy atom. The standard InChI is InChI=1S/C23H30N2O4S/c1-4-23(2,3)13-7-8-14-15(10-13)30-21(18(14)19(24)26)25-20(27)16-11-5-6-12(9-11)17(16)22(28)29/h5-6,11-13,16-17H,4,7-10H2,1-3H3,(H2,24,26)(H,25,27)(H,28,29)/t11-,12-,13+,16+,17+/m0/s1. The lowest BCUT2D eigenvalue weighted by atomic mass is 9.69. The molecule has 1 heterocycles. The van der Waals surface area contributed by atoms with E-state index in [0.29, 0.717) is 22.9 Å². The van der Waals surface area contributed by atoms with Crippen LogP contribution in [0.4, 0.5) is 5.00 Å². The number of hydrogen-bond donors (Lipinski definition) is 3. The van der Waals surface area contributed by atoms with E-state index < -0.39 is 23.7 Å². The highest BCUT2D eigenvalue weighted by atomic mass is 32.1. The van der Waals surface area contributed by atoms with Crippen molar-refractivity contribution < 1.29 is 19.5 Å². The molecular formula is C23H30N2O4S. The second-order valence-corrected chi connectivity index (χ2v) is 10.8. The summed E-state index contributed by atoms with van der Waals surface area (Å²) in [5, 5.41) is 13.0. The number of primary amides is 1. The van der Waals surface area contributed by atoms with Crippen LogP contribution in [0.15, 0.2) is 12.2 Å². The van der Waals surface area contributed by atoms with Crippen molar-refractivity contribution in [3.05, 3.63) is 28.2 Å². The van der Waals surface area contributed by atoms with Gasteiger partial charge in [0, 0.05) is 4.88 Å². The van der Waals surface area contributed by atoms with Gasteiger partial charge in [0.25, 0.3) is 5.91 Å². The van der Waals surface area contributed by atoms with Crippen LogP contribution in [0.25, 0.3) is 0 Å². The summed E-state index contributed by atoms with van der Waals surface area (Å²) in [6, 6.07) is 0. The Labute approximate surface area is 180 Å². The number of nitrogens with two attached hydrogens (primary N) is 1. The van der Waals surface area contributed by atoms with Crippen molar-refractivity contribution in [3.8, 4) is 0 Å². The van der Waals surface area contributed by atoms with Crippen molar-refractivity contribution in [1.29, 1.82) is 0 Å². The predicted octanol–water partition coefficient (Wildman–Crippen LogP) is 3.85. The normalized spacial score (nSPS) is 29.6. The van der Waals surface area contributed by atoms with Gasteiger partial charge in [0.2, 0.25) is 5.91 Å². The molecule has 2 bridgehead atoms. The largest absolute Gasteiger partial charge is 0.481 e. The van der Waals surface area contributed by atoms with Crippen LogP contribution in [0.2, 0.25) is 0 Å². The number of fused-ring (bicyclic) bond motifs is 3. The lowest BCUT2D eigenvalue weighted by molar-refractivity contribution is -0.146. The Bertz CT molecular complexity index is 932. The molecule has 3 aliphatic rings. The van der Waals surface area contributed by atoms with Gasteiger partial charge >= 0.3 is 5.97 Å². The molecule has 1 aromatic heterocycles. The summed E-state index contributed by atoms with van der Waals surface area (Å²) in [6.45, 7) is 6.76. The zero-order valence-corrected chi connectivity index (χ0v) is 18.6. The minimum Gasteiger partial charge on any atom is -0.481 e. The number of carboxylic acids is 1. The molecule has 162 valence electrons. The minimum atomic E-state index is -0.933. The number of hydrogen-bond acceptors (Lipinski definition) is 4. The summed E-state index contributed by atoms with van der Waals surface area (Å²) in [5.41, 5.74) is 7.30. The first-order valence-electron chi connectivity index (χ1n) is 10.8. The number of amides is 2. The second kappa shape index (κ2) is 7.52. The molecule has 4 N–H and O–H groups in total. The third-order valence-corrected chi connectivity index (χ3v) is 8.98. The number of carbonyl (C=O) groups excluding carboxylic acids is 2. The van der Waals surface area contributed by atoms with E-state index in [-0.39, 0.29) is 23.2 Å². The van der Waals surface area contributed by atoms with E-state index in [2.05, 4.69) is 26.1 Å². The zero-order chi connectivity index (χ0) is 21.8. The maximum Gasteiger partial charge on any atom is 0.307 e. The lowest BCUT2D eigenvalue weighted by Gasteiger charge is -2.36. The van der Waals surface area contributed by atoms with Crippen molar-refractivity contribution in [1.82, 2.24) is 0 Å². The van der Waals surface area contributed by atoms with E-state index in [9.17, 15) is 19.5 Å². The monoisotopic (exact) mass is 430 g/mol. The van der Waals surface area contributed by atoms with Gasteiger partial charge in [-0.25, -0.2) is 0 Å². The number of carbonyl (C=O) groups is 3. The van der Waals surface area contributed by atoms with E-state index in [1.54, 1.807) is 0 Å². The van der Waals surface area contributed by atoms with Crippen molar-refractivity contribution in [2.75, 3.05) is 5.32 Å². The Hall–Kier alpha value is -2.15. The van der Waals surface area contributed by atoms with Crippen LogP contribution >= 0.6 is 11.3 Å². The van der Waals surface area contributed by atoms with E-state index in [1.807, 2.05) is 12.2 Å². The highest BCUT2D eigenvalue weighted by Gasteiger charge is 2.52. The summed E-state index contributed by atoms with van der Waals surface area (Å²) >= 11 is 1.44. The van der Waals surface area contributed by atoms with E-state index in [1.165, 1.54) is 11.3 Å². The highest BCUT2D eigenvalue weighted by Crippen LogP contribution is 2.49. The van der Waals surface area contributed by atoms with Crippen molar-refractivity contribution >= 4 is 34.1 Å². The van der Waals surface area contributed by atoms with Gasteiger partial charge < -0.3 is 16.2 Å². The average molecular weight is 431 g/mol. The summed E-state index contributed by atoms with van der Waals surface area (Å²) in [4.78, 5) is 38.3. The molecule has 0 radical (unpaired) electrons. The number of anilines is 1. The van der Waals surface area contributed by atoms with Gasteiger partial charge in [-0.15, -0.1) is 11.3 Å². The molecule has 1 fully saturated rings. The van der Waals surface area contributed by atoms with Crippen LogP contribution in [0, 0.1) is 35.0 Å². The first-order valence-corrected chi connectivity index (χ1v) is 11.6. The minimum absolute atomic E-state index is 0.0579. The number of thiophene rings is 1. The SMILES string of the molecule is CCC(C)(C)[C@@H]1CCc2c(sc(NC(=O)[C@H]3[C@H](C(=O)O)[C@H]4C=C[C@H]3C4)c2C(N)=O)C1. The van der Waals surface area contributed by atoms with Gasteiger partial charge in [-0.1, -0.05) is 39.3 Å². The van der Waals surface area contributed by atoms with Crippen LogP contribution in [0.3, 0.4) is 0 Å². The van der Waals surface area contributed by atoms with Crippen LogP contribution in [-0.2, 0) is 22.4 Å². The number of nitrogens with one attached hydrogen (secondary N) is 1. The third-order valence-electron chi connectivity index (χ3n) is 7.81. The number of allylic oxidation sites excluding steroid dienone is 2. The predicted molar refractivity (Wildman–Crippen MR) is 116 cm³/mol. The van der Waals surface area contributed by atoms with E-state index in [0.717, 1.165) is 36.1 Å². The summed E-state index contributed by atoms with van der Waals surface area (Å²) in [7, 11) is 0. The Kier molecular flexibility index (Phi) is 5.29. The summed E-state index contributed by atoms with van der Waals surface area (Å²) in [5.74, 6) is -2.72. The maximum absolute atomic E-state index is 13.1. The molecule has 0 aliphatic heterocycles. The molecule has 0 spiro atoms. The summed E-state index contributed by atoms with van der Waals surface area (Å²) in [6.07, 6.45) is 8.32. The molecule has 30 heavy (non-hydrogen) atoms. The average Bonchev–Trinajstić information content (AvgIpc) is 3.39. The van der Waals surface area contributed by atoms with Gasteiger partial charge in [0.15, 0.2) is 0 Å². The van der Waals surface area contributed by atoms with Crippen LogP contribution < -0.4 is 11.1 Å². The van der Waals surface area contributed by atoms with Crippen molar-refractivity contribution in [3.63, 3.8) is 0 Å². The molecule has 6 nitrogen and oxygen atoms in total.